The summed E-state index contributed by atoms with van der Waals surface area (Å²) in [6.07, 6.45) is 4.99. The van der Waals surface area contributed by atoms with Crippen LogP contribution in [0.5, 0.6) is 0 Å². The molecule has 0 saturated carbocycles. The van der Waals surface area contributed by atoms with Crippen LogP contribution in [0.25, 0.3) is 0 Å². The van der Waals surface area contributed by atoms with E-state index in [1.807, 2.05) is 12.1 Å². The van der Waals surface area contributed by atoms with Gasteiger partial charge in [-0.3, -0.25) is 0 Å². The van der Waals surface area contributed by atoms with Crippen molar-refractivity contribution in [3.63, 3.8) is 0 Å². The van der Waals surface area contributed by atoms with Crippen molar-refractivity contribution in [2.24, 2.45) is 5.92 Å². The predicted octanol–water partition coefficient (Wildman–Crippen LogP) is 3.57. The van der Waals surface area contributed by atoms with Gasteiger partial charge in [0.1, 0.15) is 0 Å². The third-order valence-electron chi connectivity index (χ3n) is 6.01. The second-order valence-electron chi connectivity index (χ2n) is 7.97. The lowest BCUT2D eigenvalue weighted by Gasteiger charge is -2.39. The maximum atomic E-state index is 11.3. The Balaban J connectivity index is 1.46. The molecule has 1 atom stereocenters. The third kappa shape index (κ3) is 5.13. The van der Waals surface area contributed by atoms with Gasteiger partial charge in [0.25, 0.3) is 0 Å². The van der Waals surface area contributed by atoms with Crippen molar-refractivity contribution in [3.8, 4) is 0 Å². The molecule has 1 aromatic carbocycles. The fraction of sp³-hybridized carbons (Fsp3) is 0.700. The fourth-order valence-electron chi connectivity index (χ4n) is 4.34. The van der Waals surface area contributed by atoms with Gasteiger partial charge in [0.15, 0.2) is 11.1 Å². The van der Waals surface area contributed by atoms with E-state index in [-0.39, 0.29) is 0 Å². The Morgan fingerprint density at radius 3 is 2.40 bits per heavy atom. The molecule has 1 aromatic rings. The third-order valence-corrected chi connectivity index (χ3v) is 6.67. The van der Waals surface area contributed by atoms with Gasteiger partial charge in [-0.25, -0.2) is 4.21 Å². The fourth-order valence-corrected chi connectivity index (χ4v) is 4.77. The van der Waals surface area contributed by atoms with Crippen molar-refractivity contribution in [1.29, 1.82) is 0 Å². The van der Waals surface area contributed by atoms with Crippen LogP contribution in [-0.2, 0) is 11.1 Å². The Labute approximate surface area is 154 Å². The Morgan fingerprint density at radius 1 is 1.12 bits per heavy atom. The van der Waals surface area contributed by atoms with Crippen LogP contribution in [0.1, 0.15) is 51.0 Å². The molecule has 25 heavy (non-hydrogen) atoms. The van der Waals surface area contributed by atoms with Crippen LogP contribution in [0.3, 0.4) is 0 Å². The van der Waals surface area contributed by atoms with Crippen LogP contribution < -0.4 is 0 Å². The summed E-state index contributed by atoms with van der Waals surface area (Å²) in [5, 5.41) is 0. The van der Waals surface area contributed by atoms with Crippen LogP contribution in [0.4, 0.5) is 0 Å². The first-order valence-electron chi connectivity index (χ1n) is 9.70. The summed E-state index contributed by atoms with van der Waals surface area (Å²) in [4.78, 5) is 5.76. The summed E-state index contributed by atoms with van der Waals surface area (Å²) in [6, 6.07) is 8.35. The van der Waals surface area contributed by atoms with Gasteiger partial charge in [0, 0.05) is 12.6 Å². The van der Waals surface area contributed by atoms with Crippen LogP contribution in [0.15, 0.2) is 29.2 Å². The van der Waals surface area contributed by atoms with Crippen LogP contribution in [-0.4, -0.2) is 57.3 Å². The molecule has 5 heteroatoms. The van der Waals surface area contributed by atoms with Crippen LogP contribution >= 0.6 is 0 Å². The van der Waals surface area contributed by atoms with Crippen molar-refractivity contribution in [1.82, 2.24) is 9.80 Å². The average molecular weight is 365 g/mol. The van der Waals surface area contributed by atoms with E-state index in [0.29, 0.717) is 16.9 Å². The number of hydrogen-bond donors (Lipinski definition) is 1. The molecule has 2 fully saturated rings. The van der Waals surface area contributed by atoms with E-state index >= 15 is 0 Å². The number of likely N-dealkylation sites (tertiary alicyclic amines) is 2. The molecule has 1 unspecified atom stereocenters. The van der Waals surface area contributed by atoms with Gasteiger partial charge in [-0.15, -0.1) is 0 Å². The van der Waals surface area contributed by atoms with E-state index in [9.17, 15) is 8.76 Å². The average Bonchev–Trinajstić information content (AvgIpc) is 2.63. The second kappa shape index (κ2) is 8.76. The first-order valence-corrected chi connectivity index (χ1v) is 10.8. The molecular formula is C20H32N2O2S. The number of rotatable bonds is 5. The number of benzene rings is 1. The molecule has 0 aliphatic carbocycles. The molecule has 3 rings (SSSR count). The van der Waals surface area contributed by atoms with E-state index in [1.165, 1.54) is 38.0 Å². The first-order chi connectivity index (χ1) is 12.0. The summed E-state index contributed by atoms with van der Waals surface area (Å²) in [6.45, 7) is 10.7. The molecule has 0 radical (unpaired) electrons. The molecule has 0 spiro atoms. The zero-order chi connectivity index (χ0) is 17.8. The number of hydrogen-bond acceptors (Lipinski definition) is 3. The monoisotopic (exact) mass is 364 g/mol. The highest BCUT2D eigenvalue weighted by molar-refractivity contribution is 7.79. The van der Waals surface area contributed by atoms with Crippen molar-refractivity contribution in [2.75, 3.05) is 32.7 Å². The quantitative estimate of drug-likeness (QED) is 0.811. The first kappa shape index (κ1) is 19.0. The molecule has 2 aliphatic heterocycles. The van der Waals surface area contributed by atoms with Crippen molar-refractivity contribution >= 4 is 11.1 Å². The van der Waals surface area contributed by atoms with E-state index in [4.69, 9.17) is 0 Å². The molecule has 0 bridgehead atoms. The molecule has 140 valence electrons. The minimum atomic E-state index is -1.88. The molecule has 2 heterocycles. The van der Waals surface area contributed by atoms with Crippen molar-refractivity contribution < 1.29 is 8.76 Å². The highest BCUT2D eigenvalue weighted by atomic mass is 32.2. The van der Waals surface area contributed by atoms with E-state index in [2.05, 4.69) is 29.7 Å². The van der Waals surface area contributed by atoms with E-state index < -0.39 is 11.1 Å². The highest BCUT2D eigenvalue weighted by Crippen LogP contribution is 2.30. The maximum Gasteiger partial charge on any atom is 0.186 e. The van der Waals surface area contributed by atoms with E-state index in [1.54, 1.807) is 6.07 Å². The van der Waals surface area contributed by atoms with E-state index in [0.717, 1.165) is 31.8 Å². The van der Waals surface area contributed by atoms with Crippen molar-refractivity contribution in [2.45, 2.75) is 56.4 Å². The summed E-state index contributed by atoms with van der Waals surface area (Å²) < 4.78 is 20.6. The molecule has 1 N–H and O–H groups in total. The summed E-state index contributed by atoms with van der Waals surface area (Å²) >= 11 is -1.88. The van der Waals surface area contributed by atoms with Crippen LogP contribution in [0, 0.1) is 5.92 Å². The lowest BCUT2D eigenvalue weighted by Crippen LogP contribution is -2.43. The predicted molar refractivity (Wildman–Crippen MR) is 103 cm³/mol. The second-order valence-corrected chi connectivity index (χ2v) is 8.94. The Bertz CT molecular complexity index is 577. The van der Waals surface area contributed by atoms with Gasteiger partial charge in [-0.05, 0) is 95.2 Å². The standard InChI is InChI=1S/C20H32N2O2S/c1-16(2)22-12-6-17(7-13-22)15-21-10-8-18(9-11-21)19-4-3-5-20(14-19)25(23)24/h3-5,14,16-18H,6-13,15H2,1-2H3,(H,23,24). The molecular weight excluding hydrogens is 332 g/mol. The summed E-state index contributed by atoms with van der Waals surface area (Å²) in [7, 11) is 0. The largest absolute Gasteiger partial charge is 0.303 e. The van der Waals surface area contributed by atoms with Crippen molar-refractivity contribution in [3.05, 3.63) is 29.8 Å². The summed E-state index contributed by atoms with van der Waals surface area (Å²) in [5.41, 5.74) is 1.23. The molecule has 0 aromatic heterocycles. The summed E-state index contributed by atoms with van der Waals surface area (Å²) in [5.74, 6) is 1.38. The van der Waals surface area contributed by atoms with Crippen LogP contribution in [0.2, 0.25) is 0 Å². The minimum Gasteiger partial charge on any atom is -0.303 e. The normalized spacial score (nSPS) is 23.2. The van der Waals surface area contributed by atoms with Gasteiger partial charge in [-0.1, -0.05) is 12.1 Å². The lowest BCUT2D eigenvalue weighted by atomic mass is 9.88. The number of nitrogens with zero attached hydrogens (tertiary/aromatic N) is 2. The molecule has 2 saturated heterocycles. The minimum absolute atomic E-state index is 0.525. The number of piperidine rings is 2. The topological polar surface area (TPSA) is 43.8 Å². The SMILES string of the molecule is CC(C)N1CCC(CN2CCC(c3cccc(S(=O)O)c3)CC2)CC1. The zero-order valence-corrected chi connectivity index (χ0v) is 16.4. The Kier molecular flexibility index (Phi) is 6.67. The Hall–Kier alpha value is -0.750. The van der Waals surface area contributed by atoms with Gasteiger partial charge in [0.05, 0.1) is 4.90 Å². The van der Waals surface area contributed by atoms with Gasteiger partial charge in [-0.2, -0.15) is 0 Å². The van der Waals surface area contributed by atoms with Gasteiger partial charge >= 0.3 is 0 Å². The Morgan fingerprint density at radius 2 is 1.80 bits per heavy atom. The lowest BCUT2D eigenvalue weighted by molar-refractivity contribution is 0.111. The highest BCUT2D eigenvalue weighted by Gasteiger charge is 2.26. The molecule has 2 aliphatic rings. The van der Waals surface area contributed by atoms with Gasteiger partial charge in [0.2, 0.25) is 0 Å². The smallest absolute Gasteiger partial charge is 0.186 e. The maximum absolute atomic E-state index is 11.3. The van der Waals surface area contributed by atoms with Gasteiger partial charge < -0.3 is 14.4 Å². The molecule has 4 nitrogen and oxygen atoms in total. The zero-order valence-electron chi connectivity index (χ0n) is 15.6. The molecule has 0 amide bonds.